The van der Waals surface area contributed by atoms with E-state index in [0.717, 1.165) is 38.9 Å². The number of aromatic nitrogens is 2. The molecule has 5 heteroatoms. The Morgan fingerprint density at radius 2 is 1.91 bits per heavy atom. The lowest BCUT2D eigenvalue weighted by Gasteiger charge is -2.14. The van der Waals surface area contributed by atoms with E-state index >= 15 is 0 Å². The molecule has 0 atom stereocenters. The smallest absolute Gasteiger partial charge is 0.272 e. The average molecular weight is 296 g/mol. The Kier molecular flexibility index (Phi) is 4.63. The van der Waals surface area contributed by atoms with Crippen LogP contribution in [-0.2, 0) is 6.42 Å². The van der Waals surface area contributed by atoms with E-state index in [-0.39, 0.29) is 5.91 Å². The van der Waals surface area contributed by atoms with Gasteiger partial charge in [-0.05, 0) is 30.9 Å². The molecule has 0 bridgehead atoms. The highest BCUT2D eigenvalue weighted by Crippen LogP contribution is 2.12. The lowest BCUT2D eigenvalue weighted by Crippen LogP contribution is -2.28. The van der Waals surface area contributed by atoms with Crippen LogP contribution in [0, 0.1) is 0 Å². The first kappa shape index (κ1) is 14.5. The van der Waals surface area contributed by atoms with E-state index in [1.54, 1.807) is 12.3 Å². The zero-order valence-corrected chi connectivity index (χ0v) is 12.5. The Balaban J connectivity index is 1.58. The predicted molar refractivity (Wildman–Crippen MR) is 85.8 cm³/mol. The Morgan fingerprint density at radius 1 is 1.14 bits per heavy atom. The SMILES string of the molecule is O=C(c1ccnc(NCCc2ccccc2)n1)N1CCCC1. The van der Waals surface area contributed by atoms with Crippen LogP contribution in [-0.4, -0.2) is 40.4 Å². The molecule has 0 radical (unpaired) electrons. The molecular formula is C17H20N4O. The summed E-state index contributed by atoms with van der Waals surface area (Å²) in [5.74, 6) is 0.520. The van der Waals surface area contributed by atoms with Crippen molar-refractivity contribution in [1.82, 2.24) is 14.9 Å². The van der Waals surface area contributed by atoms with Crippen molar-refractivity contribution in [2.45, 2.75) is 19.3 Å². The topological polar surface area (TPSA) is 58.1 Å². The molecule has 1 fully saturated rings. The Bertz CT molecular complexity index is 624. The van der Waals surface area contributed by atoms with E-state index in [0.29, 0.717) is 11.6 Å². The second-order valence-electron chi connectivity index (χ2n) is 5.43. The number of hydrogen-bond acceptors (Lipinski definition) is 4. The largest absolute Gasteiger partial charge is 0.354 e. The molecule has 3 rings (SSSR count). The number of amides is 1. The fourth-order valence-electron chi connectivity index (χ4n) is 2.61. The molecule has 2 aromatic rings. The van der Waals surface area contributed by atoms with Gasteiger partial charge in [-0.25, -0.2) is 9.97 Å². The number of hydrogen-bond donors (Lipinski definition) is 1. The van der Waals surface area contributed by atoms with E-state index in [4.69, 9.17) is 0 Å². The third-order valence-corrected chi connectivity index (χ3v) is 3.81. The summed E-state index contributed by atoms with van der Waals surface area (Å²) in [6.07, 6.45) is 4.70. The summed E-state index contributed by atoms with van der Waals surface area (Å²) in [5, 5.41) is 3.19. The molecule has 22 heavy (non-hydrogen) atoms. The highest BCUT2D eigenvalue weighted by molar-refractivity contribution is 5.92. The average Bonchev–Trinajstić information content (AvgIpc) is 3.10. The zero-order valence-electron chi connectivity index (χ0n) is 12.5. The molecule has 0 aliphatic carbocycles. The minimum atomic E-state index is 0.00556. The Labute approximate surface area is 130 Å². The summed E-state index contributed by atoms with van der Waals surface area (Å²) >= 11 is 0. The van der Waals surface area contributed by atoms with Crippen LogP contribution in [0.5, 0.6) is 0 Å². The predicted octanol–water partition coefficient (Wildman–Crippen LogP) is 2.37. The van der Waals surface area contributed by atoms with Crippen LogP contribution >= 0.6 is 0 Å². The van der Waals surface area contributed by atoms with Gasteiger partial charge in [0.1, 0.15) is 5.69 Å². The minimum Gasteiger partial charge on any atom is -0.354 e. The van der Waals surface area contributed by atoms with Crippen LogP contribution in [0.4, 0.5) is 5.95 Å². The van der Waals surface area contributed by atoms with Gasteiger partial charge >= 0.3 is 0 Å². The highest BCUT2D eigenvalue weighted by Gasteiger charge is 2.20. The normalized spacial score (nSPS) is 14.1. The molecule has 114 valence electrons. The molecule has 0 spiro atoms. The van der Waals surface area contributed by atoms with Gasteiger partial charge in [-0.15, -0.1) is 0 Å². The number of carbonyl (C=O) groups excluding carboxylic acids is 1. The van der Waals surface area contributed by atoms with Crippen molar-refractivity contribution in [3.05, 3.63) is 53.9 Å². The number of nitrogens with one attached hydrogen (secondary N) is 1. The van der Waals surface area contributed by atoms with Crippen molar-refractivity contribution in [2.75, 3.05) is 25.0 Å². The molecule has 1 aliphatic heterocycles. The van der Waals surface area contributed by atoms with Crippen molar-refractivity contribution in [1.29, 1.82) is 0 Å². The van der Waals surface area contributed by atoms with Crippen molar-refractivity contribution in [2.24, 2.45) is 0 Å². The third kappa shape index (κ3) is 3.61. The van der Waals surface area contributed by atoms with E-state index < -0.39 is 0 Å². The maximum atomic E-state index is 12.3. The molecular weight excluding hydrogens is 276 g/mol. The number of anilines is 1. The standard InChI is InChI=1S/C17H20N4O/c22-16(21-12-4-5-13-21)15-9-11-19-17(20-15)18-10-8-14-6-2-1-3-7-14/h1-3,6-7,9,11H,4-5,8,10,12-13H2,(H,18,19,20). The number of nitrogens with zero attached hydrogens (tertiary/aromatic N) is 3. The number of rotatable bonds is 5. The molecule has 1 aromatic carbocycles. The van der Waals surface area contributed by atoms with E-state index in [9.17, 15) is 4.79 Å². The van der Waals surface area contributed by atoms with Crippen molar-refractivity contribution in [3.8, 4) is 0 Å². The van der Waals surface area contributed by atoms with Crippen molar-refractivity contribution >= 4 is 11.9 Å². The highest BCUT2D eigenvalue weighted by atomic mass is 16.2. The van der Waals surface area contributed by atoms with Gasteiger partial charge in [-0.1, -0.05) is 30.3 Å². The fraction of sp³-hybridized carbons (Fsp3) is 0.353. The number of benzene rings is 1. The van der Waals surface area contributed by atoms with Crippen LogP contribution in [0.25, 0.3) is 0 Å². The van der Waals surface area contributed by atoms with E-state index in [1.165, 1.54) is 5.56 Å². The second-order valence-corrected chi connectivity index (χ2v) is 5.43. The van der Waals surface area contributed by atoms with Crippen LogP contribution in [0.1, 0.15) is 28.9 Å². The van der Waals surface area contributed by atoms with Crippen LogP contribution in [0.15, 0.2) is 42.6 Å². The monoisotopic (exact) mass is 296 g/mol. The molecule has 1 aromatic heterocycles. The summed E-state index contributed by atoms with van der Waals surface area (Å²) in [6, 6.07) is 11.9. The third-order valence-electron chi connectivity index (χ3n) is 3.81. The summed E-state index contributed by atoms with van der Waals surface area (Å²) < 4.78 is 0. The maximum Gasteiger partial charge on any atom is 0.272 e. The molecule has 1 aliphatic rings. The number of likely N-dealkylation sites (tertiary alicyclic amines) is 1. The van der Waals surface area contributed by atoms with Gasteiger partial charge in [0.2, 0.25) is 5.95 Å². The number of carbonyl (C=O) groups is 1. The summed E-state index contributed by atoms with van der Waals surface area (Å²) in [5.41, 5.74) is 1.73. The van der Waals surface area contributed by atoms with Crippen LogP contribution in [0.2, 0.25) is 0 Å². The van der Waals surface area contributed by atoms with Gasteiger partial charge in [0.15, 0.2) is 0 Å². The Morgan fingerprint density at radius 3 is 2.68 bits per heavy atom. The zero-order chi connectivity index (χ0) is 15.2. The molecule has 1 amide bonds. The first-order valence-corrected chi connectivity index (χ1v) is 7.73. The summed E-state index contributed by atoms with van der Waals surface area (Å²) in [6.45, 7) is 2.41. The lowest BCUT2D eigenvalue weighted by molar-refractivity contribution is 0.0787. The van der Waals surface area contributed by atoms with Gasteiger partial charge in [0, 0.05) is 25.8 Å². The first-order valence-electron chi connectivity index (χ1n) is 7.73. The van der Waals surface area contributed by atoms with Gasteiger partial charge in [-0.2, -0.15) is 0 Å². The molecule has 0 unspecified atom stereocenters. The van der Waals surface area contributed by atoms with Crippen molar-refractivity contribution in [3.63, 3.8) is 0 Å². The quantitative estimate of drug-likeness (QED) is 0.920. The molecule has 5 nitrogen and oxygen atoms in total. The second kappa shape index (κ2) is 7.02. The molecule has 0 saturated carbocycles. The lowest BCUT2D eigenvalue weighted by atomic mass is 10.1. The van der Waals surface area contributed by atoms with Gasteiger partial charge in [0.25, 0.3) is 5.91 Å². The Hall–Kier alpha value is -2.43. The van der Waals surface area contributed by atoms with Crippen LogP contribution < -0.4 is 5.32 Å². The van der Waals surface area contributed by atoms with E-state index in [2.05, 4.69) is 27.4 Å². The summed E-state index contributed by atoms with van der Waals surface area (Å²) in [7, 11) is 0. The van der Waals surface area contributed by atoms with Gasteiger partial charge < -0.3 is 10.2 Å². The summed E-state index contributed by atoms with van der Waals surface area (Å²) in [4.78, 5) is 22.7. The minimum absolute atomic E-state index is 0.00556. The fourth-order valence-corrected chi connectivity index (χ4v) is 2.61. The molecule has 2 heterocycles. The van der Waals surface area contributed by atoms with Gasteiger partial charge in [-0.3, -0.25) is 4.79 Å². The van der Waals surface area contributed by atoms with Gasteiger partial charge in [0.05, 0.1) is 0 Å². The van der Waals surface area contributed by atoms with E-state index in [1.807, 2.05) is 23.1 Å². The van der Waals surface area contributed by atoms with Crippen molar-refractivity contribution < 1.29 is 4.79 Å². The maximum absolute atomic E-state index is 12.3. The first-order chi connectivity index (χ1) is 10.8. The molecule has 1 saturated heterocycles. The van der Waals surface area contributed by atoms with Crippen LogP contribution in [0.3, 0.4) is 0 Å². The molecule has 1 N–H and O–H groups in total.